The minimum atomic E-state index is -0.737. The summed E-state index contributed by atoms with van der Waals surface area (Å²) in [6.07, 6.45) is 1.39. The fraction of sp³-hybridized carbons (Fsp3) is 0.263. The normalized spacial score (nSPS) is 17.2. The molecule has 0 aromatic heterocycles. The summed E-state index contributed by atoms with van der Waals surface area (Å²) in [6.45, 7) is 2.58. The number of hydrogen-bond donors (Lipinski definition) is 1. The minimum Gasteiger partial charge on any atom is -0.325 e. The lowest BCUT2D eigenvalue weighted by molar-refractivity contribution is -0.129. The quantitative estimate of drug-likeness (QED) is 0.876. The largest absolute Gasteiger partial charge is 0.325 e. The Labute approximate surface area is 140 Å². The molecule has 2 aromatic carbocycles. The molecule has 3 rings (SSSR count). The van der Waals surface area contributed by atoms with Crippen molar-refractivity contribution in [1.82, 2.24) is 0 Å². The van der Waals surface area contributed by atoms with Crippen LogP contribution in [0.5, 0.6) is 0 Å². The molecule has 1 atom stereocenters. The summed E-state index contributed by atoms with van der Waals surface area (Å²) >= 11 is 0. The molecular formula is C19H19FN2O2. The molecule has 1 unspecified atom stereocenters. The second-order valence-corrected chi connectivity index (χ2v) is 5.85. The van der Waals surface area contributed by atoms with Gasteiger partial charge in [-0.1, -0.05) is 25.1 Å². The Morgan fingerprint density at radius 3 is 2.67 bits per heavy atom. The maximum absolute atomic E-state index is 13.2. The van der Waals surface area contributed by atoms with E-state index in [1.807, 2.05) is 24.3 Å². The highest BCUT2D eigenvalue weighted by atomic mass is 19.1. The lowest BCUT2D eigenvalue weighted by atomic mass is 10.1. The SMILES string of the molecule is CCc1ccc(N2CCC(C(=O)Nc3cccc(F)c3)C2=O)cc1. The molecular weight excluding hydrogens is 307 g/mol. The number of aryl methyl sites for hydroxylation is 1. The van der Waals surface area contributed by atoms with E-state index in [1.54, 1.807) is 11.0 Å². The molecule has 4 nitrogen and oxygen atoms in total. The highest BCUT2D eigenvalue weighted by Crippen LogP contribution is 2.26. The number of nitrogens with zero attached hydrogens (tertiary/aromatic N) is 1. The van der Waals surface area contributed by atoms with Crippen LogP contribution in [0, 0.1) is 11.7 Å². The Bertz CT molecular complexity index is 758. The van der Waals surface area contributed by atoms with Crippen LogP contribution < -0.4 is 10.2 Å². The van der Waals surface area contributed by atoms with Gasteiger partial charge in [0, 0.05) is 17.9 Å². The van der Waals surface area contributed by atoms with Crippen LogP contribution >= 0.6 is 0 Å². The van der Waals surface area contributed by atoms with Gasteiger partial charge in [0.05, 0.1) is 0 Å². The van der Waals surface area contributed by atoms with Crippen molar-refractivity contribution in [1.29, 1.82) is 0 Å². The van der Waals surface area contributed by atoms with Crippen LogP contribution in [0.15, 0.2) is 48.5 Å². The third kappa shape index (κ3) is 3.30. The first-order chi connectivity index (χ1) is 11.6. The van der Waals surface area contributed by atoms with E-state index in [9.17, 15) is 14.0 Å². The van der Waals surface area contributed by atoms with E-state index < -0.39 is 17.6 Å². The zero-order chi connectivity index (χ0) is 17.1. The van der Waals surface area contributed by atoms with E-state index >= 15 is 0 Å². The Hall–Kier alpha value is -2.69. The van der Waals surface area contributed by atoms with Gasteiger partial charge in [-0.3, -0.25) is 9.59 Å². The van der Waals surface area contributed by atoms with Gasteiger partial charge in [-0.05, 0) is 48.7 Å². The number of carbonyl (C=O) groups excluding carboxylic acids is 2. The zero-order valence-corrected chi connectivity index (χ0v) is 13.5. The molecule has 2 amide bonds. The fourth-order valence-corrected chi connectivity index (χ4v) is 2.89. The molecule has 0 radical (unpaired) electrons. The van der Waals surface area contributed by atoms with Crippen molar-refractivity contribution in [3.63, 3.8) is 0 Å². The van der Waals surface area contributed by atoms with Gasteiger partial charge < -0.3 is 10.2 Å². The van der Waals surface area contributed by atoms with Crippen LogP contribution in [-0.2, 0) is 16.0 Å². The lowest BCUT2D eigenvalue weighted by Gasteiger charge is -2.17. The molecule has 1 fully saturated rings. The topological polar surface area (TPSA) is 49.4 Å². The van der Waals surface area contributed by atoms with Crippen molar-refractivity contribution < 1.29 is 14.0 Å². The third-order valence-corrected chi connectivity index (χ3v) is 4.27. The molecule has 1 N–H and O–H groups in total. The Kier molecular flexibility index (Phi) is 4.60. The van der Waals surface area contributed by atoms with E-state index in [2.05, 4.69) is 12.2 Å². The molecule has 1 heterocycles. The van der Waals surface area contributed by atoms with Crippen LogP contribution in [0.4, 0.5) is 15.8 Å². The molecule has 0 aliphatic carbocycles. The Morgan fingerprint density at radius 2 is 2.00 bits per heavy atom. The molecule has 124 valence electrons. The van der Waals surface area contributed by atoms with Gasteiger partial charge in [0.1, 0.15) is 11.7 Å². The molecule has 1 aliphatic rings. The third-order valence-electron chi connectivity index (χ3n) is 4.27. The summed E-state index contributed by atoms with van der Waals surface area (Å²) in [6, 6.07) is 13.4. The van der Waals surface area contributed by atoms with Gasteiger partial charge >= 0.3 is 0 Å². The number of halogens is 1. The number of benzene rings is 2. The average Bonchev–Trinajstić information content (AvgIpc) is 2.96. The number of rotatable bonds is 4. The van der Waals surface area contributed by atoms with Gasteiger partial charge in [-0.2, -0.15) is 0 Å². The summed E-state index contributed by atoms with van der Waals surface area (Å²) in [7, 11) is 0. The number of hydrogen-bond acceptors (Lipinski definition) is 2. The van der Waals surface area contributed by atoms with E-state index in [0.29, 0.717) is 18.7 Å². The van der Waals surface area contributed by atoms with Crippen LogP contribution in [0.2, 0.25) is 0 Å². The maximum Gasteiger partial charge on any atom is 0.239 e. The number of amides is 2. The molecule has 0 spiro atoms. The van der Waals surface area contributed by atoms with Crippen molar-refractivity contribution in [2.24, 2.45) is 5.92 Å². The van der Waals surface area contributed by atoms with E-state index in [-0.39, 0.29) is 5.91 Å². The van der Waals surface area contributed by atoms with Crippen molar-refractivity contribution in [2.75, 3.05) is 16.8 Å². The lowest BCUT2D eigenvalue weighted by Crippen LogP contribution is -2.33. The molecule has 0 bridgehead atoms. The van der Waals surface area contributed by atoms with Crippen LogP contribution in [0.25, 0.3) is 0 Å². The van der Waals surface area contributed by atoms with Crippen LogP contribution in [0.1, 0.15) is 18.9 Å². The van der Waals surface area contributed by atoms with Crippen LogP contribution in [0.3, 0.4) is 0 Å². The van der Waals surface area contributed by atoms with Crippen molar-refractivity contribution in [2.45, 2.75) is 19.8 Å². The van der Waals surface area contributed by atoms with E-state index in [4.69, 9.17) is 0 Å². The van der Waals surface area contributed by atoms with Crippen molar-refractivity contribution >= 4 is 23.2 Å². The Balaban J connectivity index is 1.69. The monoisotopic (exact) mass is 326 g/mol. The summed E-state index contributed by atoms with van der Waals surface area (Å²) in [4.78, 5) is 26.5. The highest BCUT2D eigenvalue weighted by Gasteiger charge is 2.37. The summed E-state index contributed by atoms with van der Waals surface area (Å²) in [5.74, 6) is -1.77. The first-order valence-electron chi connectivity index (χ1n) is 8.05. The smallest absolute Gasteiger partial charge is 0.239 e. The Morgan fingerprint density at radius 1 is 1.25 bits per heavy atom. The maximum atomic E-state index is 13.2. The molecule has 1 aliphatic heterocycles. The van der Waals surface area contributed by atoms with Crippen LogP contribution in [-0.4, -0.2) is 18.4 Å². The van der Waals surface area contributed by atoms with Gasteiger partial charge in [0.2, 0.25) is 11.8 Å². The molecule has 24 heavy (non-hydrogen) atoms. The van der Waals surface area contributed by atoms with E-state index in [1.165, 1.54) is 23.8 Å². The summed E-state index contributed by atoms with van der Waals surface area (Å²) < 4.78 is 13.2. The van der Waals surface area contributed by atoms with E-state index in [0.717, 1.165) is 12.1 Å². The average molecular weight is 326 g/mol. The molecule has 1 saturated heterocycles. The molecule has 5 heteroatoms. The molecule has 2 aromatic rings. The first-order valence-corrected chi connectivity index (χ1v) is 8.05. The number of anilines is 2. The number of nitrogens with one attached hydrogen (secondary N) is 1. The predicted molar refractivity (Wildman–Crippen MR) is 91.3 cm³/mol. The van der Waals surface area contributed by atoms with Gasteiger partial charge in [-0.25, -0.2) is 4.39 Å². The first kappa shape index (κ1) is 16.2. The fourth-order valence-electron chi connectivity index (χ4n) is 2.89. The molecule has 0 saturated carbocycles. The standard InChI is InChI=1S/C19H19FN2O2/c1-2-13-6-8-16(9-7-13)22-11-10-17(19(22)24)18(23)21-15-5-3-4-14(20)12-15/h3-9,12,17H,2,10-11H2,1H3,(H,21,23). The van der Waals surface area contributed by atoms with Crippen molar-refractivity contribution in [3.05, 3.63) is 59.9 Å². The zero-order valence-electron chi connectivity index (χ0n) is 13.5. The van der Waals surface area contributed by atoms with Gasteiger partial charge in [0.25, 0.3) is 0 Å². The highest BCUT2D eigenvalue weighted by molar-refractivity contribution is 6.13. The van der Waals surface area contributed by atoms with Gasteiger partial charge in [-0.15, -0.1) is 0 Å². The summed E-state index contributed by atoms with van der Waals surface area (Å²) in [5, 5.41) is 2.62. The van der Waals surface area contributed by atoms with Gasteiger partial charge in [0.15, 0.2) is 0 Å². The second-order valence-electron chi connectivity index (χ2n) is 5.85. The second kappa shape index (κ2) is 6.83. The van der Waals surface area contributed by atoms with Crippen molar-refractivity contribution in [3.8, 4) is 0 Å². The number of carbonyl (C=O) groups is 2. The summed E-state index contributed by atoms with van der Waals surface area (Å²) in [5.41, 5.74) is 2.36. The predicted octanol–water partition coefficient (Wildman–Crippen LogP) is 3.38. The minimum absolute atomic E-state index is 0.215.